The number of aromatic hydroxyl groups is 1. The van der Waals surface area contributed by atoms with E-state index in [1.165, 1.54) is 24.3 Å². The van der Waals surface area contributed by atoms with Gasteiger partial charge in [-0.25, -0.2) is 0 Å². The summed E-state index contributed by atoms with van der Waals surface area (Å²) in [5, 5.41) is 29.7. The first-order chi connectivity index (χ1) is 11.1. The summed E-state index contributed by atoms with van der Waals surface area (Å²) >= 11 is 0. The van der Waals surface area contributed by atoms with Crippen molar-refractivity contribution in [2.45, 2.75) is 13.5 Å². The van der Waals surface area contributed by atoms with Gasteiger partial charge in [-0.05, 0) is 25.1 Å². The first-order valence-electron chi connectivity index (χ1n) is 7.15. The number of carbonyl (C=O) groups is 1. The Balaban J connectivity index is 1.99. The maximum absolute atomic E-state index is 12.0. The molecule has 3 rings (SSSR count). The van der Waals surface area contributed by atoms with E-state index >= 15 is 0 Å². The van der Waals surface area contributed by atoms with E-state index in [1.807, 2.05) is 31.2 Å². The minimum absolute atomic E-state index is 0.0276. The van der Waals surface area contributed by atoms with Gasteiger partial charge in [0.2, 0.25) is 5.88 Å². The molecular formula is C17H14N3O3-. The minimum Gasteiger partial charge on any atom is -0.872 e. The number of para-hydroxylation sites is 1. The summed E-state index contributed by atoms with van der Waals surface area (Å²) in [5.74, 6) is -0.778. The summed E-state index contributed by atoms with van der Waals surface area (Å²) in [6, 6.07) is 12.8. The second-order valence-corrected chi connectivity index (χ2v) is 4.96. The van der Waals surface area contributed by atoms with Crippen LogP contribution in [0.2, 0.25) is 0 Å². The number of hydrogen-bond donors (Lipinski definition) is 1. The van der Waals surface area contributed by atoms with Gasteiger partial charge >= 0.3 is 0 Å². The Hall–Kier alpha value is -3.15. The number of azo groups is 1. The lowest BCUT2D eigenvalue weighted by molar-refractivity contribution is -0.268. The molecule has 1 heterocycles. The molecule has 0 atom stereocenters. The predicted octanol–water partition coefficient (Wildman–Crippen LogP) is 3.36. The van der Waals surface area contributed by atoms with Crippen molar-refractivity contribution in [1.29, 1.82) is 0 Å². The fourth-order valence-electron chi connectivity index (χ4n) is 2.44. The van der Waals surface area contributed by atoms with Gasteiger partial charge in [0.15, 0.2) is 5.69 Å². The Morgan fingerprint density at radius 2 is 1.87 bits per heavy atom. The van der Waals surface area contributed by atoms with Crippen molar-refractivity contribution in [3.8, 4) is 11.6 Å². The van der Waals surface area contributed by atoms with E-state index in [2.05, 4.69) is 10.2 Å². The molecule has 116 valence electrons. The van der Waals surface area contributed by atoms with Crippen molar-refractivity contribution < 1.29 is 15.0 Å². The number of fused-ring (bicyclic) bond motifs is 1. The average molecular weight is 308 g/mol. The predicted molar refractivity (Wildman–Crippen MR) is 84.0 cm³/mol. The fourth-order valence-corrected chi connectivity index (χ4v) is 2.44. The van der Waals surface area contributed by atoms with Crippen LogP contribution < -0.4 is 5.11 Å². The summed E-state index contributed by atoms with van der Waals surface area (Å²) < 4.78 is 1.69. The number of carbonyl (C=O) groups excluding carboxylic acids is 1. The van der Waals surface area contributed by atoms with Gasteiger partial charge in [0.25, 0.3) is 5.91 Å². The number of rotatable bonds is 3. The van der Waals surface area contributed by atoms with Crippen LogP contribution in [0.25, 0.3) is 10.9 Å². The molecule has 0 aliphatic carbocycles. The smallest absolute Gasteiger partial charge is 0.295 e. The quantitative estimate of drug-likeness (QED) is 0.752. The van der Waals surface area contributed by atoms with Crippen molar-refractivity contribution >= 4 is 22.5 Å². The zero-order chi connectivity index (χ0) is 16.4. The van der Waals surface area contributed by atoms with Crippen molar-refractivity contribution in [3.63, 3.8) is 0 Å². The number of hydrogen-bond acceptors (Lipinski definition) is 4. The van der Waals surface area contributed by atoms with Gasteiger partial charge in [-0.1, -0.05) is 30.3 Å². The van der Waals surface area contributed by atoms with Crippen LogP contribution in [0.15, 0.2) is 58.8 Å². The summed E-state index contributed by atoms with van der Waals surface area (Å²) in [7, 11) is 0. The van der Waals surface area contributed by atoms with E-state index < -0.39 is 5.91 Å². The van der Waals surface area contributed by atoms with Gasteiger partial charge in [-0.3, -0.25) is 4.79 Å². The zero-order valence-electron chi connectivity index (χ0n) is 12.4. The van der Waals surface area contributed by atoms with Crippen molar-refractivity contribution in [3.05, 3.63) is 54.1 Å². The van der Waals surface area contributed by atoms with E-state index in [-0.39, 0.29) is 22.9 Å². The van der Waals surface area contributed by atoms with Gasteiger partial charge < -0.3 is 14.8 Å². The highest BCUT2D eigenvalue weighted by molar-refractivity contribution is 5.97. The SMILES string of the molecule is CCn1c(O)c(N=NC(=O)c2ccc([O-])cc2)c2ccccc21. The molecule has 0 radical (unpaired) electrons. The number of amides is 1. The molecular weight excluding hydrogens is 294 g/mol. The van der Waals surface area contributed by atoms with Crippen LogP contribution in [0.5, 0.6) is 11.6 Å². The van der Waals surface area contributed by atoms with Crippen molar-refractivity contribution in [2.24, 2.45) is 10.2 Å². The Morgan fingerprint density at radius 1 is 1.17 bits per heavy atom. The molecule has 0 aliphatic heterocycles. The van der Waals surface area contributed by atoms with E-state index in [0.29, 0.717) is 6.54 Å². The highest BCUT2D eigenvalue weighted by Gasteiger charge is 2.15. The lowest BCUT2D eigenvalue weighted by atomic mass is 10.2. The molecule has 1 N–H and O–H groups in total. The van der Waals surface area contributed by atoms with E-state index in [9.17, 15) is 15.0 Å². The summed E-state index contributed by atoms with van der Waals surface area (Å²) in [4.78, 5) is 12.0. The molecule has 6 heteroatoms. The molecule has 0 saturated carbocycles. The van der Waals surface area contributed by atoms with Gasteiger partial charge in [-0.15, -0.1) is 16.0 Å². The van der Waals surface area contributed by atoms with Gasteiger partial charge in [0.1, 0.15) is 0 Å². The molecule has 2 aromatic carbocycles. The molecule has 0 saturated heterocycles. The molecule has 1 aromatic heterocycles. The third-order valence-electron chi connectivity index (χ3n) is 3.58. The molecule has 0 bridgehead atoms. The maximum Gasteiger partial charge on any atom is 0.295 e. The van der Waals surface area contributed by atoms with Crippen molar-refractivity contribution in [1.82, 2.24) is 4.57 Å². The van der Waals surface area contributed by atoms with E-state index in [1.54, 1.807) is 4.57 Å². The summed E-state index contributed by atoms with van der Waals surface area (Å²) in [6.07, 6.45) is 0. The average Bonchev–Trinajstić information content (AvgIpc) is 2.84. The second-order valence-electron chi connectivity index (χ2n) is 4.96. The molecule has 6 nitrogen and oxygen atoms in total. The zero-order valence-corrected chi connectivity index (χ0v) is 12.4. The van der Waals surface area contributed by atoms with Crippen LogP contribution in [-0.2, 0) is 6.54 Å². The Bertz CT molecular complexity index is 895. The van der Waals surface area contributed by atoms with Gasteiger partial charge in [0, 0.05) is 17.5 Å². The van der Waals surface area contributed by atoms with E-state index in [0.717, 1.165) is 10.9 Å². The van der Waals surface area contributed by atoms with Crippen molar-refractivity contribution in [2.75, 3.05) is 0 Å². The van der Waals surface area contributed by atoms with Crippen LogP contribution in [0.3, 0.4) is 0 Å². The van der Waals surface area contributed by atoms with Gasteiger partial charge in [0.05, 0.1) is 5.52 Å². The lowest BCUT2D eigenvalue weighted by Gasteiger charge is -2.03. The Labute approximate surface area is 132 Å². The summed E-state index contributed by atoms with van der Waals surface area (Å²) in [5.41, 5.74) is 1.35. The minimum atomic E-state index is -0.572. The summed E-state index contributed by atoms with van der Waals surface area (Å²) in [6.45, 7) is 2.48. The van der Waals surface area contributed by atoms with Crippen LogP contribution >= 0.6 is 0 Å². The van der Waals surface area contributed by atoms with E-state index in [4.69, 9.17) is 0 Å². The normalized spacial score (nSPS) is 11.3. The molecule has 0 unspecified atom stereocenters. The first-order valence-corrected chi connectivity index (χ1v) is 7.15. The number of aryl methyl sites for hydroxylation is 1. The topological polar surface area (TPSA) is 90.0 Å². The molecule has 0 aliphatic rings. The molecule has 3 aromatic rings. The molecule has 23 heavy (non-hydrogen) atoms. The molecule has 0 fully saturated rings. The standard InChI is InChI=1S/C17H15N3O3/c1-2-20-14-6-4-3-5-13(14)15(17(20)23)18-19-16(22)11-7-9-12(21)10-8-11/h3-10,21,23H,2H2,1H3/p-1. The number of benzene rings is 2. The van der Waals surface area contributed by atoms with Crippen LogP contribution in [0.1, 0.15) is 17.3 Å². The lowest BCUT2D eigenvalue weighted by Crippen LogP contribution is -1.95. The first kappa shape index (κ1) is 14.8. The number of aromatic nitrogens is 1. The largest absolute Gasteiger partial charge is 0.872 e. The van der Waals surface area contributed by atoms with Crippen LogP contribution in [0, 0.1) is 0 Å². The number of nitrogens with zero attached hydrogens (tertiary/aromatic N) is 3. The fraction of sp³-hybridized carbons (Fsp3) is 0.118. The molecule has 1 amide bonds. The monoisotopic (exact) mass is 308 g/mol. The highest BCUT2D eigenvalue weighted by Crippen LogP contribution is 2.38. The van der Waals surface area contributed by atoms with Crippen LogP contribution in [-0.4, -0.2) is 15.6 Å². The highest BCUT2D eigenvalue weighted by atomic mass is 16.3. The third kappa shape index (κ3) is 2.66. The maximum atomic E-state index is 12.0. The second kappa shape index (κ2) is 5.92. The van der Waals surface area contributed by atoms with Crippen LogP contribution in [0.4, 0.5) is 5.69 Å². The van der Waals surface area contributed by atoms with Gasteiger partial charge in [-0.2, -0.15) is 0 Å². The Morgan fingerprint density at radius 3 is 2.57 bits per heavy atom. The Kier molecular flexibility index (Phi) is 3.80. The molecule has 0 spiro atoms. The third-order valence-corrected chi connectivity index (χ3v) is 3.58.